The predicted molar refractivity (Wildman–Crippen MR) is 143 cm³/mol. The first-order valence-electron chi connectivity index (χ1n) is 15.0. The molecule has 6 aliphatic rings. The van der Waals surface area contributed by atoms with E-state index in [4.69, 9.17) is 18.9 Å². The lowest BCUT2D eigenvalue weighted by Crippen LogP contribution is -2.64. The number of hydrogen-bond donors (Lipinski definition) is 0. The molecule has 0 radical (unpaired) electrons. The molecule has 2 aliphatic heterocycles. The summed E-state index contributed by atoms with van der Waals surface area (Å²) in [5.41, 5.74) is -1.16. The van der Waals surface area contributed by atoms with Crippen molar-refractivity contribution in [1.82, 2.24) is 0 Å². The summed E-state index contributed by atoms with van der Waals surface area (Å²) >= 11 is 0. The molecule has 4 bridgehead atoms. The summed E-state index contributed by atoms with van der Waals surface area (Å²) in [6.45, 7) is 16.1. The Balaban J connectivity index is 1.41. The van der Waals surface area contributed by atoms with Crippen molar-refractivity contribution < 1.29 is 28.5 Å². The van der Waals surface area contributed by atoms with Gasteiger partial charge in [0, 0.05) is 11.8 Å². The molecule has 38 heavy (non-hydrogen) atoms. The van der Waals surface area contributed by atoms with Crippen molar-refractivity contribution in [3.05, 3.63) is 24.3 Å². The Morgan fingerprint density at radius 1 is 1.18 bits per heavy atom. The van der Waals surface area contributed by atoms with Crippen LogP contribution in [0.5, 0.6) is 0 Å². The number of esters is 1. The van der Waals surface area contributed by atoms with Gasteiger partial charge in [-0.2, -0.15) is 0 Å². The van der Waals surface area contributed by atoms with Gasteiger partial charge in [0.15, 0.2) is 6.29 Å². The average Bonchev–Trinajstić information content (AvgIpc) is 3.58. The van der Waals surface area contributed by atoms with Crippen molar-refractivity contribution in [3.63, 3.8) is 0 Å². The Bertz CT molecular complexity index is 1020. The summed E-state index contributed by atoms with van der Waals surface area (Å²) in [7, 11) is 0. The van der Waals surface area contributed by atoms with Gasteiger partial charge in [0.25, 0.3) is 0 Å². The third-order valence-electron chi connectivity index (χ3n) is 12.0. The van der Waals surface area contributed by atoms with Crippen LogP contribution in [0.15, 0.2) is 24.3 Å². The third kappa shape index (κ3) is 3.23. The molecule has 6 nitrogen and oxygen atoms in total. The Kier molecular flexibility index (Phi) is 6.52. The molecule has 2 saturated heterocycles. The van der Waals surface area contributed by atoms with E-state index in [0.29, 0.717) is 36.7 Å². The highest BCUT2D eigenvalue weighted by Gasteiger charge is 2.84. The molecule has 0 aromatic rings. The van der Waals surface area contributed by atoms with Crippen molar-refractivity contribution in [2.75, 3.05) is 19.8 Å². The number of fused-ring (bicyclic) bond motifs is 3. The highest BCUT2D eigenvalue weighted by molar-refractivity contribution is 5.91. The summed E-state index contributed by atoms with van der Waals surface area (Å²) in [4.78, 5) is 27.9. The van der Waals surface area contributed by atoms with Gasteiger partial charge in [-0.3, -0.25) is 4.79 Å². The van der Waals surface area contributed by atoms with Gasteiger partial charge in [0.05, 0.1) is 30.8 Å². The summed E-state index contributed by atoms with van der Waals surface area (Å²) in [6.07, 6.45) is 9.42. The van der Waals surface area contributed by atoms with E-state index < -0.39 is 16.2 Å². The predicted octanol–water partition coefficient (Wildman–Crippen LogP) is 5.36. The maximum absolute atomic E-state index is 14.5. The van der Waals surface area contributed by atoms with E-state index in [0.717, 1.165) is 37.9 Å². The molecular formula is C32H46O6. The molecule has 6 heteroatoms. The monoisotopic (exact) mass is 526 g/mol. The van der Waals surface area contributed by atoms with Gasteiger partial charge in [-0.15, -0.1) is 0 Å². The minimum absolute atomic E-state index is 0.0305. The van der Waals surface area contributed by atoms with Crippen LogP contribution in [-0.4, -0.2) is 50.6 Å². The fourth-order valence-electron chi connectivity index (χ4n) is 10.5. The number of ether oxygens (including phenoxy) is 4. The SMILES string of the molecule is C=CCOC(=O)[C@@]12C(C(C)C)=C[C@H]3C[C@]1(C=O)[C@@H]1CC[C@@H](C)[C@H]1C[C@]32CO[C@H]1C[C@H]2[C@H](OC[C@@H]2C)[C@@H](C)O1. The Morgan fingerprint density at radius 2 is 1.97 bits per heavy atom. The largest absolute Gasteiger partial charge is 0.461 e. The zero-order valence-electron chi connectivity index (χ0n) is 23.8. The first-order valence-corrected chi connectivity index (χ1v) is 15.0. The number of carbonyl (C=O) groups excluding carboxylic acids is 2. The number of rotatable bonds is 8. The number of carbonyl (C=O) groups is 2. The molecule has 3 saturated carbocycles. The average molecular weight is 527 g/mol. The molecule has 0 unspecified atom stereocenters. The maximum atomic E-state index is 14.5. The molecule has 5 fully saturated rings. The van der Waals surface area contributed by atoms with E-state index in [2.05, 4.69) is 47.3 Å². The molecule has 0 spiro atoms. The second-order valence-corrected chi connectivity index (χ2v) is 13.8. The van der Waals surface area contributed by atoms with Gasteiger partial charge in [0.1, 0.15) is 18.3 Å². The molecular weight excluding hydrogens is 480 g/mol. The van der Waals surface area contributed by atoms with E-state index in [-0.39, 0.29) is 48.8 Å². The van der Waals surface area contributed by atoms with Crippen LogP contribution in [0, 0.1) is 57.7 Å². The molecule has 0 amide bonds. The highest BCUT2D eigenvalue weighted by Crippen LogP contribution is 2.82. The zero-order valence-corrected chi connectivity index (χ0v) is 23.8. The van der Waals surface area contributed by atoms with Crippen molar-refractivity contribution in [2.24, 2.45) is 57.7 Å². The van der Waals surface area contributed by atoms with Crippen LogP contribution in [0.4, 0.5) is 0 Å². The topological polar surface area (TPSA) is 71.1 Å². The fraction of sp³-hybridized carbons (Fsp3) is 0.812. The smallest absolute Gasteiger partial charge is 0.318 e. The Hall–Kier alpha value is -1.50. The molecule has 0 aromatic heterocycles. The molecule has 0 N–H and O–H groups in total. The minimum Gasteiger partial charge on any atom is -0.461 e. The standard InChI is InChI=1S/C32H46O6/c1-7-10-35-29(34)32-26(18(2)3)11-22-13-30(32,16-33)25-9-8-19(4)24(25)14-31(22,32)17-37-27-12-23-20(5)15-36-28(23)21(6)38-27/h7,11,16,18-25,27-28H,1,8-10,12-15,17H2,2-6H3/t19-,20+,21-,22+,23-,24-,25-,27-,28-,30+,31+,32+/m1/s1. The van der Waals surface area contributed by atoms with Gasteiger partial charge >= 0.3 is 5.97 Å². The van der Waals surface area contributed by atoms with E-state index in [1.165, 1.54) is 6.29 Å². The van der Waals surface area contributed by atoms with Gasteiger partial charge < -0.3 is 23.7 Å². The summed E-state index contributed by atoms with van der Waals surface area (Å²) in [5.74, 6) is 2.03. The van der Waals surface area contributed by atoms with E-state index in [1.807, 2.05) is 0 Å². The molecule has 12 atom stereocenters. The van der Waals surface area contributed by atoms with Crippen LogP contribution in [0.2, 0.25) is 0 Å². The number of allylic oxidation sites excluding steroid dienone is 1. The third-order valence-corrected chi connectivity index (χ3v) is 12.0. The van der Waals surface area contributed by atoms with Crippen molar-refractivity contribution in [2.45, 2.75) is 85.2 Å². The van der Waals surface area contributed by atoms with E-state index in [1.54, 1.807) is 6.08 Å². The zero-order chi connectivity index (χ0) is 27.0. The van der Waals surface area contributed by atoms with Crippen molar-refractivity contribution >= 4 is 12.3 Å². The number of aldehydes is 1. The Morgan fingerprint density at radius 3 is 2.68 bits per heavy atom. The van der Waals surface area contributed by atoms with Crippen LogP contribution in [0.3, 0.4) is 0 Å². The number of hydrogen-bond acceptors (Lipinski definition) is 6. The van der Waals surface area contributed by atoms with Gasteiger partial charge in [0.2, 0.25) is 0 Å². The maximum Gasteiger partial charge on any atom is 0.318 e. The summed E-state index contributed by atoms with van der Waals surface area (Å²) in [6, 6.07) is 0. The molecule has 210 valence electrons. The van der Waals surface area contributed by atoms with Crippen LogP contribution < -0.4 is 0 Å². The normalized spacial score (nSPS) is 50.5. The van der Waals surface area contributed by atoms with Crippen molar-refractivity contribution in [3.8, 4) is 0 Å². The van der Waals surface area contributed by atoms with Crippen LogP contribution in [-0.2, 0) is 28.5 Å². The van der Waals surface area contributed by atoms with Gasteiger partial charge in [-0.05, 0) is 67.6 Å². The first kappa shape index (κ1) is 26.7. The van der Waals surface area contributed by atoms with Crippen LogP contribution >= 0.6 is 0 Å². The van der Waals surface area contributed by atoms with E-state index >= 15 is 0 Å². The first-order chi connectivity index (χ1) is 18.2. The van der Waals surface area contributed by atoms with Crippen LogP contribution in [0.25, 0.3) is 0 Å². The summed E-state index contributed by atoms with van der Waals surface area (Å²) in [5, 5.41) is 0. The highest BCUT2D eigenvalue weighted by atomic mass is 16.7. The minimum atomic E-state index is -0.999. The second-order valence-electron chi connectivity index (χ2n) is 13.8. The van der Waals surface area contributed by atoms with E-state index in [9.17, 15) is 9.59 Å². The molecule has 2 heterocycles. The molecule has 0 aromatic carbocycles. The lowest BCUT2D eigenvalue weighted by molar-refractivity contribution is -0.251. The lowest BCUT2D eigenvalue weighted by Gasteiger charge is -2.59. The van der Waals surface area contributed by atoms with Gasteiger partial charge in [-0.25, -0.2) is 0 Å². The molecule has 4 aliphatic carbocycles. The lowest BCUT2D eigenvalue weighted by atomic mass is 9.43. The van der Waals surface area contributed by atoms with Gasteiger partial charge in [-0.1, -0.05) is 58.4 Å². The van der Waals surface area contributed by atoms with Crippen LogP contribution in [0.1, 0.15) is 66.7 Å². The van der Waals surface area contributed by atoms with Crippen molar-refractivity contribution in [1.29, 1.82) is 0 Å². The molecule has 6 rings (SSSR count). The fourth-order valence-corrected chi connectivity index (χ4v) is 10.5. The quantitative estimate of drug-likeness (QED) is 0.241. The summed E-state index contributed by atoms with van der Waals surface area (Å²) < 4.78 is 25.1. The Labute approximate surface area is 227 Å². The second kappa shape index (κ2) is 9.27.